The summed E-state index contributed by atoms with van der Waals surface area (Å²) in [6.45, 7) is 3.18. The molecule has 0 unspecified atom stereocenters. The molecule has 174 valence electrons. The number of nitrogens with one attached hydrogen (secondary N) is 3. The van der Waals surface area contributed by atoms with Gasteiger partial charge < -0.3 is 26.3 Å². The van der Waals surface area contributed by atoms with Gasteiger partial charge >= 0.3 is 0 Å². The molecule has 10 heteroatoms. The van der Waals surface area contributed by atoms with Crippen molar-refractivity contribution >= 4 is 40.9 Å². The van der Waals surface area contributed by atoms with Crippen LogP contribution in [0.5, 0.6) is 0 Å². The molecular formula is C23H25Cl2N5O3. The van der Waals surface area contributed by atoms with Gasteiger partial charge in [-0.15, -0.1) is 0 Å². The van der Waals surface area contributed by atoms with Crippen molar-refractivity contribution in [3.05, 3.63) is 80.3 Å². The molecule has 0 bridgehead atoms. The van der Waals surface area contributed by atoms with E-state index in [2.05, 4.69) is 15.6 Å². The van der Waals surface area contributed by atoms with Gasteiger partial charge in [-0.3, -0.25) is 9.36 Å². The number of nitrogens with zero attached hydrogens (tertiary/aromatic N) is 2. The highest BCUT2D eigenvalue weighted by Gasteiger charge is 2.26. The lowest BCUT2D eigenvalue weighted by Crippen LogP contribution is -2.44. The first-order valence-electron chi connectivity index (χ1n) is 10.1. The molecule has 0 fully saturated rings. The van der Waals surface area contributed by atoms with Gasteiger partial charge in [0.05, 0.1) is 46.4 Å². The molecule has 2 aromatic heterocycles. The fourth-order valence-electron chi connectivity index (χ4n) is 3.18. The lowest BCUT2D eigenvalue weighted by molar-refractivity contribution is 0.0378. The molecule has 33 heavy (non-hydrogen) atoms. The van der Waals surface area contributed by atoms with Crippen molar-refractivity contribution in [1.29, 1.82) is 5.41 Å². The first kappa shape index (κ1) is 24.7. The van der Waals surface area contributed by atoms with E-state index in [1.165, 1.54) is 10.8 Å². The highest BCUT2D eigenvalue weighted by molar-refractivity contribution is 6.32. The predicted molar refractivity (Wildman–Crippen MR) is 132 cm³/mol. The van der Waals surface area contributed by atoms with Crippen LogP contribution in [0.4, 0.5) is 11.5 Å². The van der Waals surface area contributed by atoms with Gasteiger partial charge in [-0.1, -0.05) is 41.4 Å². The van der Waals surface area contributed by atoms with Crippen molar-refractivity contribution in [2.75, 3.05) is 17.2 Å². The highest BCUT2D eigenvalue weighted by Crippen LogP contribution is 2.24. The van der Waals surface area contributed by atoms with Crippen molar-refractivity contribution in [2.24, 2.45) is 0 Å². The molecule has 0 aliphatic rings. The summed E-state index contributed by atoms with van der Waals surface area (Å²) in [5.74, 6) is 0.319. The number of pyridine rings is 2. The van der Waals surface area contributed by atoms with E-state index in [4.69, 9.17) is 28.6 Å². The number of halogens is 2. The second kappa shape index (κ2) is 10.4. The van der Waals surface area contributed by atoms with Crippen molar-refractivity contribution in [3.8, 4) is 5.69 Å². The third-order valence-corrected chi connectivity index (χ3v) is 5.81. The second-order valence-electron chi connectivity index (χ2n) is 7.96. The van der Waals surface area contributed by atoms with Crippen molar-refractivity contribution in [2.45, 2.75) is 32.0 Å². The van der Waals surface area contributed by atoms with Gasteiger partial charge in [0.1, 0.15) is 5.82 Å². The van der Waals surface area contributed by atoms with Gasteiger partial charge in [0, 0.05) is 30.0 Å². The molecule has 0 saturated heterocycles. The molecule has 3 rings (SSSR count). The number of rotatable bonds is 9. The number of hydrogen-bond acceptors (Lipinski definition) is 7. The van der Waals surface area contributed by atoms with Crippen molar-refractivity contribution in [1.82, 2.24) is 9.55 Å². The number of anilines is 2. The molecule has 8 nitrogen and oxygen atoms in total. The predicted octanol–water partition coefficient (Wildman–Crippen LogP) is 3.69. The average molecular weight is 490 g/mol. The van der Waals surface area contributed by atoms with E-state index in [0.29, 0.717) is 28.8 Å². The Balaban J connectivity index is 1.94. The highest BCUT2D eigenvalue weighted by atomic mass is 35.5. The molecule has 2 heterocycles. The standard InChI is InChI=1S/C23H25Cl2N5O3/c1-23(2,33)20(13-31)29-21-9-19(17(25)12-28-21)30-8-7-18(15(10-26)22(30)32)27-11-14-5-3-4-6-16(14)24/h3-10,12,20,26-27,31,33H,11,13H2,1-2H3,(H,28,29)/t20-/m1/s1. The van der Waals surface area contributed by atoms with Crippen LogP contribution in [0.1, 0.15) is 25.0 Å². The maximum Gasteiger partial charge on any atom is 0.266 e. The number of hydrogen-bond donors (Lipinski definition) is 5. The number of aromatic nitrogens is 2. The topological polar surface area (TPSA) is 123 Å². The minimum Gasteiger partial charge on any atom is -0.394 e. The molecule has 0 spiro atoms. The molecule has 0 saturated carbocycles. The average Bonchev–Trinajstić information content (AvgIpc) is 2.77. The maximum atomic E-state index is 13.2. The fraction of sp³-hybridized carbons (Fsp3) is 0.261. The SMILES string of the molecule is CC(C)(O)[C@@H](CO)Nc1cc(-n2ccc(NCc3ccccc3Cl)c(C=N)c2=O)c(Cl)cn1. The summed E-state index contributed by atoms with van der Waals surface area (Å²) in [6, 6.07) is 9.89. The Morgan fingerprint density at radius 2 is 1.97 bits per heavy atom. The molecule has 1 aromatic carbocycles. The number of benzene rings is 1. The summed E-state index contributed by atoms with van der Waals surface area (Å²) in [4.78, 5) is 17.3. The quantitative estimate of drug-likeness (QED) is 0.292. The number of aliphatic hydroxyl groups excluding tert-OH is 1. The zero-order valence-corrected chi connectivity index (χ0v) is 19.7. The third-order valence-electron chi connectivity index (χ3n) is 5.15. The van der Waals surface area contributed by atoms with Crippen LogP contribution in [0, 0.1) is 5.41 Å². The number of aliphatic hydroxyl groups is 2. The van der Waals surface area contributed by atoms with Crippen molar-refractivity contribution < 1.29 is 10.2 Å². The van der Waals surface area contributed by atoms with E-state index < -0.39 is 17.2 Å². The van der Waals surface area contributed by atoms with Crippen LogP contribution in [-0.2, 0) is 6.54 Å². The molecule has 0 radical (unpaired) electrons. The van der Waals surface area contributed by atoms with E-state index in [9.17, 15) is 15.0 Å². The molecule has 0 amide bonds. The van der Waals surface area contributed by atoms with Gasteiger partial charge in [0.15, 0.2) is 0 Å². The van der Waals surface area contributed by atoms with Crippen LogP contribution in [-0.4, -0.2) is 44.2 Å². The zero-order chi connectivity index (χ0) is 24.2. The Kier molecular flexibility index (Phi) is 7.76. The summed E-state index contributed by atoms with van der Waals surface area (Å²) in [5.41, 5.74) is 0.169. The Hall–Kier alpha value is -2.91. The summed E-state index contributed by atoms with van der Waals surface area (Å²) in [6.07, 6.45) is 3.91. The lowest BCUT2D eigenvalue weighted by atomic mass is 10.00. The molecule has 0 aliphatic heterocycles. The van der Waals surface area contributed by atoms with Gasteiger partial charge in [-0.25, -0.2) is 4.98 Å². The third kappa shape index (κ3) is 5.72. The monoisotopic (exact) mass is 489 g/mol. The smallest absolute Gasteiger partial charge is 0.266 e. The van der Waals surface area contributed by atoms with Crippen LogP contribution < -0.4 is 16.2 Å². The van der Waals surface area contributed by atoms with E-state index >= 15 is 0 Å². The Bertz CT molecular complexity index is 1210. The molecular weight excluding hydrogens is 465 g/mol. The molecule has 0 aliphatic carbocycles. The van der Waals surface area contributed by atoms with Gasteiger partial charge in [0.2, 0.25) is 0 Å². The van der Waals surface area contributed by atoms with Gasteiger partial charge in [-0.2, -0.15) is 0 Å². The largest absolute Gasteiger partial charge is 0.394 e. The van der Waals surface area contributed by atoms with Crippen LogP contribution in [0.2, 0.25) is 10.0 Å². The van der Waals surface area contributed by atoms with Crippen LogP contribution in [0.15, 0.2) is 53.6 Å². The molecule has 5 N–H and O–H groups in total. The summed E-state index contributed by atoms with van der Waals surface area (Å²) >= 11 is 12.5. The lowest BCUT2D eigenvalue weighted by Gasteiger charge is -2.29. The second-order valence-corrected chi connectivity index (χ2v) is 8.78. The first-order valence-corrected chi connectivity index (χ1v) is 10.9. The summed E-state index contributed by atoms with van der Waals surface area (Å²) < 4.78 is 1.31. The van der Waals surface area contributed by atoms with E-state index in [-0.39, 0.29) is 17.2 Å². The van der Waals surface area contributed by atoms with Crippen LogP contribution in [0.25, 0.3) is 5.69 Å². The maximum absolute atomic E-state index is 13.2. The van der Waals surface area contributed by atoms with Crippen LogP contribution in [0.3, 0.4) is 0 Å². The van der Waals surface area contributed by atoms with E-state index in [0.717, 1.165) is 11.8 Å². The Labute approximate surface area is 201 Å². The minimum atomic E-state index is -1.21. The van der Waals surface area contributed by atoms with E-state index in [1.807, 2.05) is 18.2 Å². The van der Waals surface area contributed by atoms with Gasteiger partial charge in [0.25, 0.3) is 5.56 Å². The Morgan fingerprint density at radius 1 is 1.24 bits per heavy atom. The van der Waals surface area contributed by atoms with E-state index in [1.54, 1.807) is 38.2 Å². The van der Waals surface area contributed by atoms with Crippen molar-refractivity contribution in [3.63, 3.8) is 0 Å². The van der Waals surface area contributed by atoms with Gasteiger partial charge in [-0.05, 0) is 31.5 Å². The minimum absolute atomic E-state index is 0.150. The summed E-state index contributed by atoms with van der Waals surface area (Å²) in [5, 5.41) is 34.5. The first-order chi connectivity index (χ1) is 15.7. The summed E-state index contributed by atoms with van der Waals surface area (Å²) in [7, 11) is 0. The normalized spacial score (nSPS) is 12.3. The van der Waals surface area contributed by atoms with Crippen LogP contribution >= 0.6 is 23.2 Å². The zero-order valence-electron chi connectivity index (χ0n) is 18.1. The Morgan fingerprint density at radius 3 is 2.61 bits per heavy atom. The molecule has 1 atom stereocenters. The molecule has 3 aromatic rings. The fourth-order valence-corrected chi connectivity index (χ4v) is 3.58.